The lowest BCUT2D eigenvalue weighted by Gasteiger charge is -2.29. The number of hydrogen-bond donors (Lipinski definition) is 0. The van der Waals surface area contributed by atoms with Crippen molar-refractivity contribution in [2.75, 3.05) is 0 Å². The standard InChI is InChI=1S/C10H16F5I/c1-3-4-5-6-8(16)7(2)9(11,12)10(13,14)15/h7-8H,3-6H2,1-2H3. The SMILES string of the molecule is CCCCCC(I)C(C)C(F)(F)C(F)(F)F. The Balaban J connectivity index is 4.36. The minimum absolute atomic E-state index is 0.404. The molecule has 16 heavy (non-hydrogen) atoms. The largest absolute Gasteiger partial charge is 0.453 e. The molecule has 0 aromatic carbocycles. The fourth-order valence-electron chi connectivity index (χ4n) is 1.32. The van der Waals surface area contributed by atoms with E-state index in [2.05, 4.69) is 0 Å². The summed E-state index contributed by atoms with van der Waals surface area (Å²) < 4.78 is 61.5. The second-order valence-corrected chi connectivity index (χ2v) is 5.52. The van der Waals surface area contributed by atoms with Crippen LogP contribution >= 0.6 is 22.6 Å². The van der Waals surface area contributed by atoms with E-state index >= 15 is 0 Å². The van der Waals surface area contributed by atoms with Gasteiger partial charge in [-0.25, -0.2) is 0 Å². The molecule has 0 bridgehead atoms. The van der Waals surface area contributed by atoms with E-state index in [1.165, 1.54) is 0 Å². The van der Waals surface area contributed by atoms with Crippen LogP contribution in [0, 0.1) is 5.92 Å². The first kappa shape index (κ1) is 16.4. The number of alkyl halides is 6. The van der Waals surface area contributed by atoms with Crippen molar-refractivity contribution in [3.63, 3.8) is 0 Å². The van der Waals surface area contributed by atoms with Gasteiger partial charge in [0, 0.05) is 9.84 Å². The van der Waals surface area contributed by atoms with Gasteiger partial charge in [-0.05, 0) is 6.42 Å². The summed E-state index contributed by atoms with van der Waals surface area (Å²) in [6.07, 6.45) is -2.55. The van der Waals surface area contributed by atoms with Crippen molar-refractivity contribution in [2.24, 2.45) is 5.92 Å². The summed E-state index contributed by atoms with van der Waals surface area (Å²) in [4.78, 5) is 0. The number of unbranched alkanes of at least 4 members (excludes halogenated alkanes) is 2. The molecular weight excluding hydrogens is 342 g/mol. The number of hydrogen-bond acceptors (Lipinski definition) is 0. The van der Waals surface area contributed by atoms with E-state index in [4.69, 9.17) is 0 Å². The molecule has 0 aliphatic heterocycles. The van der Waals surface area contributed by atoms with Gasteiger partial charge in [-0.3, -0.25) is 0 Å². The maximum absolute atomic E-state index is 13.0. The lowest BCUT2D eigenvalue weighted by atomic mass is 9.95. The summed E-state index contributed by atoms with van der Waals surface area (Å²) in [5.74, 6) is -6.27. The molecule has 0 nitrogen and oxygen atoms in total. The predicted molar refractivity (Wildman–Crippen MR) is 62.1 cm³/mol. The van der Waals surface area contributed by atoms with Crippen LogP contribution in [0.25, 0.3) is 0 Å². The van der Waals surface area contributed by atoms with E-state index < -0.39 is 21.9 Å². The molecule has 2 atom stereocenters. The molecule has 0 aliphatic carbocycles. The molecule has 0 spiro atoms. The fourth-order valence-corrected chi connectivity index (χ4v) is 2.22. The third-order valence-electron chi connectivity index (χ3n) is 2.58. The first-order valence-corrected chi connectivity index (χ1v) is 6.47. The van der Waals surface area contributed by atoms with Crippen LogP contribution in [0.15, 0.2) is 0 Å². The van der Waals surface area contributed by atoms with E-state index in [0.717, 1.165) is 19.8 Å². The maximum atomic E-state index is 13.0. The van der Waals surface area contributed by atoms with Crippen molar-refractivity contribution in [1.82, 2.24) is 0 Å². The van der Waals surface area contributed by atoms with Gasteiger partial charge in [0.1, 0.15) is 0 Å². The molecule has 0 saturated carbocycles. The molecule has 98 valence electrons. The van der Waals surface area contributed by atoms with Crippen molar-refractivity contribution < 1.29 is 22.0 Å². The minimum atomic E-state index is -5.44. The Kier molecular flexibility index (Phi) is 6.50. The van der Waals surface area contributed by atoms with Crippen LogP contribution in [0.2, 0.25) is 0 Å². The lowest BCUT2D eigenvalue weighted by molar-refractivity contribution is -0.300. The van der Waals surface area contributed by atoms with Crippen LogP contribution in [0.5, 0.6) is 0 Å². The van der Waals surface area contributed by atoms with Crippen LogP contribution in [0.3, 0.4) is 0 Å². The normalized spacial score (nSPS) is 17.2. The second kappa shape index (κ2) is 6.35. The molecule has 0 aliphatic rings. The van der Waals surface area contributed by atoms with Crippen LogP contribution in [0.1, 0.15) is 39.5 Å². The summed E-state index contributed by atoms with van der Waals surface area (Å²) in [5.41, 5.74) is 0. The van der Waals surface area contributed by atoms with E-state index in [-0.39, 0.29) is 0 Å². The van der Waals surface area contributed by atoms with Crippen molar-refractivity contribution in [2.45, 2.75) is 55.6 Å². The summed E-state index contributed by atoms with van der Waals surface area (Å²) in [6.45, 7) is 2.92. The molecular formula is C10H16F5I. The average molecular weight is 358 g/mol. The highest BCUT2D eigenvalue weighted by Gasteiger charge is 2.61. The summed E-state index contributed by atoms with van der Waals surface area (Å²) >= 11 is 1.69. The van der Waals surface area contributed by atoms with Gasteiger partial charge in [0.25, 0.3) is 0 Å². The zero-order valence-electron chi connectivity index (χ0n) is 9.25. The Bertz CT molecular complexity index is 202. The molecule has 0 N–H and O–H groups in total. The Morgan fingerprint density at radius 1 is 1.06 bits per heavy atom. The summed E-state index contributed by atoms with van der Waals surface area (Å²) in [6, 6.07) is 0. The molecule has 0 fully saturated rings. The van der Waals surface area contributed by atoms with Gasteiger partial charge in [0.2, 0.25) is 0 Å². The topological polar surface area (TPSA) is 0 Å². The third kappa shape index (κ3) is 4.33. The Morgan fingerprint density at radius 3 is 1.94 bits per heavy atom. The minimum Gasteiger partial charge on any atom is -0.196 e. The quantitative estimate of drug-likeness (QED) is 0.265. The van der Waals surface area contributed by atoms with Gasteiger partial charge in [0.05, 0.1) is 0 Å². The Hall–Kier alpha value is 0.380. The zero-order chi connectivity index (χ0) is 13.0. The molecule has 6 heteroatoms. The second-order valence-electron chi connectivity index (χ2n) is 3.92. The van der Waals surface area contributed by atoms with Crippen molar-refractivity contribution in [3.05, 3.63) is 0 Å². The smallest absolute Gasteiger partial charge is 0.196 e. The summed E-state index contributed by atoms with van der Waals surface area (Å²) in [5, 5.41) is 0. The fraction of sp³-hybridized carbons (Fsp3) is 1.00. The van der Waals surface area contributed by atoms with Crippen molar-refractivity contribution in [3.8, 4) is 0 Å². The number of halogens is 6. The van der Waals surface area contributed by atoms with Gasteiger partial charge in [-0.2, -0.15) is 22.0 Å². The maximum Gasteiger partial charge on any atom is 0.453 e. The molecule has 0 radical (unpaired) electrons. The molecule has 0 aromatic rings. The monoisotopic (exact) mass is 358 g/mol. The highest BCUT2D eigenvalue weighted by atomic mass is 127. The van der Waals surface area contributed by atoms with Crippen LogP contribution < -0.4 is 0 Å². The van der Waals surface area contributed by atoms with Gasteiger partial charge in [-0.15, -0.1) is 0 Å². The van der Waals surface area contributed by atoms with Crippen LogP contribution in [0.4, 0.5) is 22.0 Å². The van der Waals surface area contributed by atoms with Gasteiger partial charge < -0.3 is 0 Å². The molecule has 0 heterocycles. The average Bonchev–Trinajstić information content (AvgIpc) is 2.15. The third-order valence-corrected chi connectivity index (χ3v) is 4.28. The van der Waals surface area contributed by atoms with E-state index in [0.29, 0.717) is 12.8 Å². The van der Waals surface area contributed by atoms with Crippen LogP contribution in [-0.2, 0) is 0 Å². The van der Waals surface area contributed by atoms with E-state index in [1.54, 1.807) is 22.6 Å². The number of rotatable bonds is 6. The van der Waals surface area contributed by atoms with Gasteiger partial charge >= 0.3 is 12.1 Å². The summed E-state index contributed by atoms with van der Waals surface area (Å²) in [7, 11) is 0. The van der Waals surface area contributed by atoms with E-state index in [9.17, 15) is 22.0 Å². The predicted octanol–water partition coefficient (Wildman–Crippen LogP) is 5.20. The molecule has 0 rings (SSSR count). The van der Waals surface area contributed by atoms with Crippen molar-refractivity contribution >= 4 is 22.6 Å². The van der Waals surface area contributed by atoms with Crippen molar-refractivity contribution in [1.29, 1.82) is 0 Å². The van der Waals surface area contributed by atoms with Gasteiger partial charge in [-0.1, -0.05) is 55.7 Å². The van der Waals surface area contributed by atoms with E-state index in [1.807, 2.05) is 6.92 Å². The Labute approximate surface area is 106 Å². The highest BCUT2D eigenvalue weighted by Crippen LogP contribution is 2.44. The molecule has 2 unspecified atom stereocenters. The molecule has 0 aromatic heterocycles. The van der Waals surface area contributed by atoms with Crippen LogP contribution in [-0.4, -0.2) is 16.0 Å². The zero-order valence-corrected chi connectivity index (χ0v) is 11.4. The first-order valence-electron chi connectivity index (χ1n) is 5.23. The highest BCUT2D eigenvalue weighted by molar-refractivity contribution is 14.1. The van der Waals surface area contributed by atoms with Gasteiger partial charge in [0.15, 0.2) is 0 Å². The lowest BCUT2D eigenvalue weighted by Crippen LogP contribution is -2.45. The molecule has 0 saturated heterocycles. The Morgan fingerprint density at radius 2 is 1.56 bits per heavy atom. The first-order chi connectivity index (χ1) is 7.14. The molecule has 0 amide bonds.